The fourth-order valence-electron chi connectivity index (χ4n) is 2.72. The summed E-state index contributed by atoms with van der Waals surface area (Å²) in [5.74, 6) is -9.44. The molecule has 0 fully saturated rings. The van der Waals surface area contributed by atoms with Crippen LogP contribution >= 0.6 is 0 Å². The third-order valence-electron chi connectivity index (χ3n) is 4.49. The summed E-state index contributed by atoms with van der Waals surface area (Å²) in [5, 5.41) is 9.27. The monoisotopic (exact) mass is 593 g/mol. The summed E-state index contributed by atoms with van der Waals surface area (Å²) >= 11 is 0. The Balaban J connectivity index is 2.33. The molecule has 2 aromatic carbocycles. The summed E-state index contributed by atoms with van der Waals surface area (Å²) in [4.78, 5) is 30.2. The molecule has 0 aliphatic heterocycles. The summed E-state index contributed by atoms with van der Waals surface area (Å²) in [6.45, 7) is 1.25. The summed E-state index contributed by atoms with van der Waals surface area (Å²) in [5.41, 5.74) is -1.00. The van der Waals surface area contributed by atoms with Gasteiger partial charge in [0.15, 0.2) is 0 Å². The van der Waals surface area contributed by atoms with E-state index in [9.17, 15) is 63.1 Å². The number of nitro groups is 1. The van der Waals surface area contributed by atoms with Crippen molar-refractivity contribution in [2.45, 2.75) is 34.1 Å². The van der Waals surface area contributed by atoms with E-state index in [1.54, 1.807) is 0 Å². The van der Waals surface area contributed by atoms with Crippen molar-refractivity contribution in [2.24, 2.45) is 0 Å². The van der Waals surface area contributed by atoms with Gasteiger partial charge in [-0.2, -0.15) is 30.7 Å². The van der Waals surface area contributed by atoms with Gasteiger partial charge in [-0.1, -0.05) is 0 Å². The first kappa shape index (κ1) is 30.6. The third-order valence-corrected chi connectivity index (χ3v) is 7.66. The molecule has 2 aromatic rings. The number of nitrogens with one attached hydrogen (secondary N) is 2. The number of rotatable bonds is 9. The molecule has 0 bridgehead atoms. The minimum Gasteiger partial charge on any atom is -0.326 e. The number of benzene rings is 2. The van der Waals surface area contributed by atoms with Gasteiger partial charge in [-0.3, -0.25) is 23.9 Å². The molecule has 208 valence electrons. The number of hydrogen-bond donors (Lipinski definition) is 2. The zero-order chi connectivity index (χ0) is 29.3. The number of amides is 2. The van der Waals surface area contributed by atoms with Crippen LogP contribution in [0.5, 0.6) is 0 Å². The van der Waals surface area contributed by atoms with Crippen LogP contribution in [0.1, 0.15) is 6.92 Å². The van der Waals surface area contributed by atoms with Gasteiger partial charge >= 0.3 is 17.4 Å². The molecular formula is C19H14F7N3O7S2. The van der Waals surface area contributed by atoms with Gasteiger partial charge < -0.3 is 10.6 Å². The van der Waals surface area contributed by atoms with Gasteiger partial charge in [0.05, 0.1) is 20.6 Å². The lowest BCUT2D eigenvalue weighted by Gasteiger charge is -2.27. The molecule has 0 aliphatic rings. The number of carbonyl (C=O) groups is 2. The second kappa shape index (κ2) is 10.6. The summed E-state index contributed by atoms with van der Waals surface area (Å²) in [6.07, 6.45) is -6.99. The highest BCUT2D eigenvalue weighted by Gasteiger charge is 2.78. The van der Waals surface area contributed by atoms with E-state index in [0.29, 0.717) is 5.69 Å². The van der Waals surface area contributed by atoms with Crippen molar-refractivity contribution in [1.29, 1.82) is 0 Å². The van der Waals surface area contributed by atoms with Crippen LogP contribution in [0.2, 0.25) is 0 Å². The van der Waals surface area contributed by atoms with Crippen molar-refractivity contribution in [3.05, 3.63) is 52.6 Å². The number of hydrogen-bond acceptors (Lipinski definition) is 7. The Kier molecular flexibility index (Phi) is 8.57. The molecule has 1 atom stereocenters. The Morgan fingerprint density at radius 2 is 1.45 bits per heavy atom. The molecule has 10 nitrogen and oxygen atoms in total. The molecule has 19 heteroatoms. The largest absolute Gasteiger partial charge is 0.461 e. The van der Waals surface area contributed by atoms with Gasteiger partial charge in [0.2, 0.25) is 11.8 Å². The lowest BCUT2D eigenvalue weighted by Crippen LogP contribution is -2.55. The van der Waals surface area contributed by atoms with Gasteiger partial charge in [0.1, 0.15) is 10.6 Å². The lowest BCUT2D eigenvalue weighted by molar-refractivity contribution is -0.388. The van der Waals surface area contributed by atoms with E-state index in [0.717, 1.165) is 0 Å². The van der Waals surface area contributed by atoms with E-state index in [1.165, 1.54) is 31.2 Å². The molecule has 0 aliphatic carbocycles. The minimum absolute atomic E-state index is 0.0224. The molecule has 0 heterocycles. The maximum atomic E-state index is 13.9. The highest BCUT2D eigenvalue weighted by molar-refractivity contribution is 7.92. The topological polar surface area (TPSA) is 153 Å². The van der Waals surface area contributed by atoms with E-state index in [2.05, 4.69) is 10.6 Å². The van der Waals surface area contributed by atoms with Crippen LogP contribution in [0.3, 0.4) is 0 Å². The average Bonchev–Trinajstić information content (AvgIpc) is 2.78. The van der Waals surface area contributed by atoms with Crippen molar-refractivity contribution >= 4 is 49.5 Å². The van der Waals surface area contributed by atoms with Crippen LogP contribution in [0, 0.1) is 10.1 Å². The number of nitrogens with zero attached hydrogens (tertiary/aromatic N) is 1. The first-order chi connectivity index (χ1) is 17.2. The van der Waals surface area contributed by atoms with Crippen LogP contribution < -0.4 is 10.6 Å². The Bertz CT molecular complexity index is 1400. The summed E-state index contributed by atoms with van der Waals surface area (Å²) < 4.78 is 128. The molecule has 2 amide bonds. The van der Waals surface area contributed by atoms with Crippen LogP contribution in [-0.4, -0.2) is 52.5 Å². The zero-order valence-electron chi connectivity index (χ0n) is 18.5. The average molecular weight is 593 g/mol. The molecule has 0 saturated carbocycles. The smallest absolute Gasteiger partial charge is 0.326 e. The maximum Gasteiger partial charge on any atom is 0.461 e. The highest BCUT2D eigenvalue weighted by atomic mass is 32.2. The van der Waals surface area contributed by atoms with Crippen molar-refractivity contribution in [2.75, 3.05) is 16.4 Å². The second-order valence-corrected chi connectivity index (χ2v) is 10.7. The Morgan fingerprint density at radius 1 is 0.947 bits per heavy atom. The molecule has 2 N–H and O–H groups in total. The lowest BCUT2D eigenvalue weighted by atomic mass is 10.3. The van der Waals surface area contributed by atoms with Crippen LogP contribution in [-0.2, 0) is 30.2 Å². The molecule has 2 rings (SSSR count). The zero-order valence-corrected chi connectivity index (χ0v) is 20.1. The SMILES string of the molecule is CC(=O)Nc1ccc(NC(=O)CS(=O)c2ccc(S(=O)(=O)C(F)(F)C(F)(F)C(F)(F)F)cc2[N+](=O)[O-])cc1. The van der Waals surface area contributed by atoms with E-state index >= 15 is 0 Å². The summed E-state index contributed by atoms with van der Waals surface area (Å²) in [7, 11) is -9.51. The second-order valence-electron chi connectivity index (χ2n) is 7.28. The van der Waals surface area contributed by atoms with Crippen molar-refractivity contribution < 1.29 is 57.9 Å². The van der Waals surface area contributed by atoms with E-state index in [4.69, 9.17) is 0 Å². The van der Waals surface area contributed by atoms with Crippen LogP contribution in [0.25, 0.3) is 0 Å². The number of anilines is 2. The van der Waals surface area contributed by atoms with Gasteiger partial charge in [0.25, 0.3) is 15.5 Å². The fourth-order valence-corrected chi connectivity index (χ4v) is 5.03. The van der Waals surface area contributed by atoms with Crippen LogP contribution in [0.15, 0.2) is 52.3 Å². The Hall–Kier alpha value is -3.61. The molecule has 0 spiro atoms. The Labute approximate surface area is 210 Å². The molecule has 0 saturated heterocycles. The van der Waals surface area contributed by atoms with E-state index in [-0.39, 0.29) is 29.8 Å². The third kappa shape index (κ3) is 6.09. The van der Waals surface area contributed by atoms with Crippen LogP contribution in [0.4, 0.5) is 47.8 Å². The first-order valence-corrected chi connectivity index (χ1v) is 12.4. The predicted octanol–water partition coefficient (Wildman–Crippen LogP) is 3.86. The van der Waals surface area contributed by atoms with E-state index < -0.39 is 70.1 Å². The fraction of sp³-hybridized carbons (Fsp3) is 0.263. The minimum atomic E-state index is -7.06. The normalized spacial score (nSPS) is 13.5. The van der Waals surface area contributed by atoms with Crippen molar-refractivity contribution in [3.63, 3.8) is 0 Å². The maximum absolute atomic E-state index is 13.9. The summed E-state index contributed by atoms with van der Waals surface area (Å²) in [6, 6.07) is 5.46. The van der Waals surface area contributed by atoms with Crippen molar-refractivity contribution in [1.82, 2.24) is 0 Å². The molecule has 1 unspecified atom stereocenters. The number of carbonyl (C=O) groups excluding carboxylic acids is 2. The predicted molar refractivity (Wildman–Crippen MR) is 117 cm³/mol. The number of sulfone groups is 1. The number of alkyl halides is 7. The van der Waals surface area contributed by atoms with Gasteiger partial charge in [-0.25, -0.2) is 8.42 Å². The quantitative estimate of drug-likeness (QED) is 0.254. The highest BCUT2D eigenvalue weighted by Crippen LogP contribution is 2.51. The number of halogens is 7. The standard InChI is InChI=1S/C19H14F7N3O7S2/c1-10(30)27-11-2-4-12(5-3-11)28-16(31)9-37(34)15-7-6-13(8-14(15)29(32)33)38(35,36)19(25,26)17(20,21)18(22,23)24/h2-8H,9H2,1H3,(H,27,30)(H,28,31). The van der Waals surface area contributed by atoms with Gasteiger partial charge in [-0.15, -0.1) is 0 Å². The Morgan fingerprint density at radius 3 is 1.89 bits per heavy atom. The van der Waals surface area contributed by atoms with Gasteiger partial charge in [0, 0.05) is 24.4 Å². The van der Waals surface area contributed by atoms with E-state index in [1.807, 2.05) is 0 Å². The first-order valence-electron chi connectivity index (χ1n) is 9.63. The van der Waals surface area contributed by atoms with Gasteiger partial charge in [-0.05, 0) is 36.4 Å². The number of nitro benzene ring substituents is 1. The van der Waals surface area contributed by atoms with Crippen molar-refractivity contribution in [3.8, 4) is 0 Å². The molecular weight excluding hydrogens is 579 g/mol. The molecule has 38 heavy (non-hydrogen) atoms. The molecule has 0 aromatic heterocycles. The molecule has 0 radical (unpaired) electrons.